The van der Waals surface area contributed by atoms with E-state index in [0.717, 1.165) is 19.3 Å². The summed E-state index contributed by atoms with van der Waals surface area (Å²) in [5.41, 5.74) is 0. The van der Waals surface area contributed by atoms with Crippen molar-refractivity contribution in [3.63, 3.8) is 0 Å². The van der Waals surface area contributed by atoms with Crippen molar-refractivity contribution in [3.05, 3.63) is 0 Å². The summed E-state index contributed by atoms with van der Waals surface area (Å²) in [6, 6.07) is 0.0542. The Morgan fingerprint density at radius 1 is 1.14 bits per heavy atom. The molecule has 0 bridgehead atoms. The van der Waals surface area contributed by atoms with Crippen LogP contribution in [0.5, 0.6) is 0 Å². The molecule has 1 nitrogen and oxygen atoms in total. The fourth-order valence-electron chi connectivity index (χ4n) is 2.62. The Morgan fingerprint density at radius 2 is 1.86 bits per heavy atom. The van der Waals surface area contributed by atoms with E-state index >= 15 is 0 Å². The smallest absolute Gasteiger partial charge is 0.448 e. The molecule has 14 heavy (non-hydrogen) atoms. The Balaban J connectivity index is 1.99. The van der Waals surface area contributed by atoms with Crippen LogP contribution in [-0.4, -0.2) is 24.3 Å². The molecule has 82 valence electrons. The molecule has 1 N–H and O–H groups in total. The third-order valence-electron chi connectivity index (χ3n) is 3.36. The van der Waals surface area contributed by atoms with Gasteiger partial charge in [0.2, 0.25) is 0 Å². The molecule has 1 heterocycles. The van der Waals surface area contributed by atoms with Crippen molar-refractivity contribution in [2.24, 2.45) is 5.92 Å². The summed E-state index contributed by atoms with van der Waals surface area (Å²) in [4.78, 5) is 0. The molecule has 0 spiro atoms. The van der Waals surface area contributed by atoms with E-state index in [2.05, 4.69) is 5.32 Å². The van der Waals surface area contributed by atoms with Crippen LogP contribution in [0, 0.1) is 5.92 Å². The second kappa shape index (κ2) is 3.60. The molecule has 2 rings (SSSR count). The molecule has 1 aliphatic carbocycles. The Hall–Kier alpha value is 0.105. The SMILES string of the molecule is F[B-](F)(F)C1CC2CC(Cl)CCC2N1. The number of alkyl halides is 1. The minimum atomic E-state index is -4.72. The largest absolute Gasteiger partial charge is 0.494 e. The molecule has 0 aromatic carbocycles. The highest BCUT2D eigenvalue weighted by Gasteiger charge is 2.45. The molecule has 4 atom stereocenters. The van der Waals surface area contributed by atoms with Crippen LogP contribution in [0.2, 0.25) is 0 Å². The normalized spacial score (nSPS) is 43.7. The minimum Gasteiger partial charge on any atom is -0.448 e. The van der Waals surface area contributed by atoms with Crippen LogP contribution in [0.4, 0.5) is 12.9 Å². The summed E-state index contributed by atoms with van der Waals surface area (Å²) < 4.78 is 37.4. The predicted octanol–water partition coefficient (Wildman–Crippen LogP) is 2.51. The molecule has 0 radical (unpaired) electrons. The van der Waals surface area contributed by atoms with E-state index < -0.39 is 12.9 Å². The van der Waals surface area contributed by atoms with Gasteiger partial charge in [0.25, 0.3) is 0 Å². The van der Waals surface area contributed by atoms with E-state index in [1.807, 2.05) is 0 Å². The van der Waals surface area contributed by atoms with Gasteiger partial charge in [-0.2, -0.15) is 0 Å². The zero-order valence-electron chi connectivity index (χ0n) is 7.73. The van der Waals surface area contributed by atoms with Gasteiger partial charge in [0.1, 0.15) is 0 Å². The fourth-order valence-corrected chi connectivity index (χ4v) is 2.97. The molecular weight excluding hydrogens is 213 g/mol. The van der Waals surface area contributed by atoms with Crippen molar-refractivity contribution in [1.82, 2.24) is 5.32 Å². The van der Waals surface area contributed by atoms with E-state index in [1.54, 1.807) is 0 Å². The lowest BCUT2D eigenvalue weighted by Gasteiger charge is -2.28. The van der Waals surface area contributed by atoms with Gasteiger partial charge in [-0.3, -0.25) is 0 Å². The number of hydrogen-bond acceptors (Lipinski definition) is 1. The van der Waals surface area contributed by atoms with Crippen LogP contribution in [0.3, 0.4) is 0 Å². The second-order valence-corrected chi connectivity index (χ2v) is 5.03. The highest BCUT2D eigenvalue weighted by molar-refractivity contribution is 6.60. The molecule has 0 aromatic rings. The quantitative estimate of drug-likeness (QED) is 0.535. The molecular formula is C8H13BClF3N-. The second-order valence-electron chi connectivity index (χ2n) is 4.41. The van der Waals surface area contributed by atoms with Crippen molar-refractivity contribution in [2.45, 2.75) is 43.0 Å². The summed E-state index contributed by atoms with van der Waals surface area (Å²) in [6.07, 6.45) is 2.61. The van der Waals surface area contributed by atoms with Crippen molar-refractivity contribution in [2.75, 3.05) is 0 Å². The van der Waals surface area contributed by atoms with Crippen LogP contribution >= 0.6 is 11.6 Å². The molecule has 0 aromatic heterocycles. The first kappa shape index (κ1) is 10.6. The predicted molar refractivity (Wildman–Crippen MR) is 51.4 cm³/mol. The lowest BCUT2D eigenvalue weighted by atomic mass is 9.75. The zero-order valence-corrected chi connectivity index (χ0v) is 8.48. The molecule has 0 amide bonds. The Kier molecular flexibility index (Phi) is 2.73. The number of fused-ring (bicyclic) bond motifs is 1. The van der Waals surface area contributed by atoms with Gasteiger partial charge in [-0.05, 0) is 31.1 Å². The number of nitrogens with one attached hydrogen (secondary N) is 1. The Labute approximate surface area is 86.4 Å². The monoisotopic (exact) mass is 226 g/mol. The maximum Gasteiger partial charge on any atom is 0.494 e. The number of halogens is 4. The van der Waals surface area contributed by atoms with Crippen molar-refractivity contribution < 1.29 is 12.9 Å². The Bertz CT molecular complexity index is 223. The van der Waals surface area contributed by atoms with Gasteiger partial charge >= 0.3 is 6.98 Å². The first-order chi connectivity index (χ1) is 6.47. The van der Waals surface area contributed by atoms with Crippen molar-refractivity contribution >= 4 is 18.6 Å². The topological polar surface area (TPSA) is 12.0 Å². The summed E-state index contributed by atoms with van der Waals surface area (Å²) in [5, 5.41) is 2.78. The average molecular weight is 226 g/mol. The maximum absolute atomic E-state index is 12.5. The molecule has 4 unspecified atom stereocenters. The maximum atomic E-state index is 12.5. The fraction of sp³-hybridized carbons (Fsp3) is 1.00. The number of rotatable bonds is 1. The molecule has 1 saturated carbocycles. The van der Waals surface area contributed by atoms with Gasteiger partial charge in [0.15, 0.2) is 0 Å². The van der Waals surface area contributed by atoms with Crippen molar-refractivity contribution in [1.29, 1.82) is 0 Å². The van der Waals surface area contributed by atoms with Gasteiger partial charge in [-0.25, -0.2) is 0 Å². The lowest BCUT2D eigenvalue weighted by Crippen LogP contribution is -2.45. The lowest BCUT2D eigenvalue weighted by molar-refractivity contribution is 0.330. The summed E-state index contributed by atoms with van der Waals surface area (Å²) >= 11 is 5.94. The molecule has 1 saturated heterocycles. The standard InChI is InChI=1S/C8H13BClF3N/c10-6-1-2-7-5(3-6)4-8(14-7)9(11,12)13/h5-8,14H,1-4H2/q-1. The van der Waals surface area contributed by atoms with Crippen LogP contribution in [0.1, 0.15) is 25.7 Å². The van der Waals surface area contributed by atoms with E-state index in [9.17, 15) is 12.9 Å². The molecule has 6 heteroatoms. The van der Waals surface area contributed by atoms with Crippen LogP contribution in [-0.2, 0) is 0 Å². The van der Waals surface area contributed by atoms with Gasteiger partial charge < -0.3 is 18.3 Å². The van der Waals surface area contributed by atoms with Gasteiger partial charge in [0, 0.05) is 11.4 Å². The van der Waals surface area contributed by atoms with E-state index in [1.165, 1.54) is 0 Å². The van der Waals surface area contributed by atoms with Gasteiger partial charge in [0.05, 0.1) is 0 Å². The van der Waals surface area contributed by atoms with E-state index in [-0.39, 0.29) is 23.8 Å². The van der Waals surface area contributed by atoms with E-state index in [0.29, 0.717) is 0 Å². The van der Waals surface area contributed by atoms with E-state index in [4.69, 9.17) is 11.6 Å². The molecule has 2 fully saturated rings. The van der Waals surface area contributed by atoms with Gasteiger partial charge in [-0.1, -0.05) is 6.42 Å². The number of hydrogen-bond donors (Lipinski definition) is 1. The van der Waals surface area contributed by atoms with Crippen LogP contribution < -0.4 is 5.32 Å². The minimum absolute atomic E-state index is 0.0542. The highest BCUT2D eigenvalue weighted by Crippen LogP contribution is 2.38. The first-order valence-corrected chi connectivity index (χ1v) is 5.50. The Morgan fingerprint density at radius 3 is 2.50 bits per heavy atom. The van der Waals surface area contributed by atoms with Crippen LogP contribution in [0.25, 0.3) is 0 Å². The summed E-state index contributed by atoms with van der Waals surface area (Å²) in [6.45, 7) is -4.72. The summed E-state index contributed by atoms with van der Waals surface area (Å²) in [5.74, 6) is -1.10. The first-order valence-electron chi connectivity index (χ1n) is 5.07. The molecule has 1 aliphatic heterocycles. The summed E-state index contributed by atoms with van der Waals surface area (Å²) in [7, 11) is 0. The molecule has 2 aliphatic rings. The van der Waals surface area contributed by atoms with Crippen molar-refractivity contribution in [3.8, 4) is 0 Å². The average Bonchev–Trinajstić information content (AvgIpc) is 2.45. The third-order valence-corrected chi connectivity index (χ3v) is 3.76. The van der Waals surface area contributed by atoms with Gasteiger partial charge in [-0.15, -0.1) is 11.6 Å². The highest BCUT2D eigenvalue weighted by atomic mass is 35.5. The third kappa shape index (κ3) is 2.03. The van der Waals surface area contributed by atoms with Crippen LogP contribution in [0.15, 0.2) is 0 Å². The zero-order chi connectivity index (χ0) is 10.3.